The number of rotatable bonds is 4. The van der Waals surface area contributed by atoms with E-state index in [0.717, 1.165) is 46.6 Å². The van der Waals surface area contributed by atoms with Gasteiger partial charge in [0.25, 0.3) is 11.8 Å². The molecule has 1 aliphatic rings. The van der Waals surface area contributed by atoms with Crippen molar-refractivity contribution in [3.63, 3.8) is 0 Å². The van der Waals surface area contributed by atoms with Gasteiger partial charge in [0.2, 0.25) is 0 Å². The SMILES string of the molecule is Cc1cc(C)cc(C(=O)N2CCN(Cc3nc4cc(C(=O)N(C)C)ccc4n3C)CC2)c1. The summed E-state index contributed by atoms with van der Waals surface area (Å²) in [4.78, 5) is 35.9. The molecule has 0 bridgehead atoms. The molecule has 168 valence electrons. The van der Waals surface area contributed by atoms with E-state index in [0.29, 0.717) is 25.2 Å². The average Bonchev–Trinajstić information content (AvgIpc) is 3.07. The lowest BCUT2D eigenvalue weighted by atomic mass is 10.1. The van der Waals surface area contributed by atoms with E-state index in [2.05, 4.69) is 15.5 Å². The van der Waals surface area contributed by atoms with Gasteiger partial charge in [0.1, 0.15) is 5.82 Å². The summed E-state index contributed by atoms with van der Waals surface area (Å²) in [6.45, 7) is 7.80. The van der Waals surface area contributed by atoms with E-state index in [9.17, 15) is 9.59 Å². The van der Waals surface area contributed by atoms with Gasteiger partial charge in [-0.15, -0.1) is 0 Å². The van der Waals surface area contributed by atoms with Crippen molar-refractivity contribution in [3.05, 3.63) is 64.5 Å². The summed E-state index contributed by atoms with van der Waals surface area (Å²) in [5.74, 6) is 1.05. The molecule has 1 aliphatic heterocycles. The van der Waals surface area contributed by atoms with Gasteiger partial charge in [0.05, 0.1) is 17.6 Å². The maximum Gasteiger partial charge on any atom is 0.253 e. The third-order valence-electron chi connectivity index (χ3n) is 6.12. The Hall–Kier alpha value is -3.19. The monoisotopic (exact) mass is 433 g/mol. The van der Waals surface area contributed by atoms with Gasteiger partial charge in [0.15, 0.2) is 0 Å². The summed E-state index contributed by atoms with van der Waals surface area (Å²) >= 11 is 0. The zero-order valence-corrected chi connectivity index (χ0v) is 19.6. The van der Waals surface area contributed by atoms with Crippen LogP contribution in [0.4, 0.5) is 0 Å². The standard InChI is InChI=1S/C25H31N5O2/c1-17-12-18(2)14-20(13-17)25(32)30-10-8-29(9-11-30)16-23-26-21-15-19(24(31)27(3)4)6-7-22(21)28(23)5/h6-7,12-15H,8-11,16H2,1-5H3. The second-order valence-corrected chi connectivity index (χ2v) is 8.93. The lowest BCUT2D eigenvalue weighted by molar-refractivity contribution is 0.0624. The van der Waals surface area contributed by atoms with Crippen LogP contribution in [0.25, 0.3) is 11.0 Å². The Morgan fingerprint density at radius 3 is 2.22 bits per heavy atom. The van der Waals surface area contributed by atoms with Crippen LogP contribution in [0.5, 0.6) is 0 Å². The maximum absolute atomic E-state index is 12.9. The molecule has 2 aromatic carbocycles. The number of piperazine rings is 1. The maximum atomic E-state index is 12.9. The summed E-state index contributed by atoms with van der Waals surface area (Å²) in [6.07, 6.45) is 0. The first-order chi connectivity index (χ1) is 15.2. The number of hydrogen-bond acceptors (Lipinski definition) is 4. The fourth-order valence-corrected chi connectivity index (χ4v) is 4.37. The minimum Gasteiger partial charge on any atom is -0.345 e. The molecule has 0 unspecified atom stereocenters. The number of aromatic nitrogens is 2. The molecule has 2 amide bonds. The van der Waals surface area contributed by atoms with Gasteiger partial charge in [0, 0.05) is 58.4 Å². The van der Waals surface area contributed by atoms with Gasteiger partial charge < -0.3 is 14.4 Å². The van der Waals surface area contributed by atoms with Crippen LogP contribution >= 0.6 is 0 Å². The van der Waals surface area contributed by atoms with Gasteiger partial charge >= 0.3 is 0 Å². The van der Waals surface area contributed by atoms with Crippen molar-refractivity contribution in [3.8, 4) is 0 Å². The number of carbonyl (C=O) groups is 2. The van der Waals surface area contributed by atoms with Gasteiger partial charge in [-0.2, -0.15) is 0 Å². The molecule has 1 saturated heterocycles. The molecule has 1 aromatic heterocycles. The molecule has 4 rings (SSSR count). The molecule has 32 heavy (non-hydrogen) atoms. The molecule has 3 aromatic rings. The molecule has 0 atom stereocenters. The zero-order valence-electron chi connectivity index (χ0n) is 19.6. The summed E-state index contributed by atoms with van der Waals surface area (Å²) in [7, 11) is 5.51. The fraction of sp³-hybridized carbons (Fsp3) is 0.400. The highest BCUT2D eigenvalue weighted by molar-refractivity contribution is 5.97. The Morgan fingerprint density at radius 2 is 1.59 bits per heavy atom. The van der Waals surface area contributed by atoms with E-state index in [1.165, 1.54) is 0 Å². The molecule has 0 saturated carbocycles. The van der Waals surface area contributed by atoms with Crippen LogP contribution in [0.2, 0.25) is 0 Å². The van der Waals surface area contributed by atoms with Crippen LogP contribution in [-0.4, -0.2) is 76.3 Å². The smallest absolute Gasteiger partial charge is 0.253 e. The number of imidazole rings is 1. The number of fused-ring (bicyclic) bond motifs is 1. The predicted molar refractivity (Wildman–Crippen MR) is 126 cm³/mol. The van der Waals surface area contributed by atoms with E-state index in [4.69, 9.17) is 4.98 Å². The Kier molecular flexibility index (Phi) is 6.02. The molecule has 0 spiro atoms. The number of carbonyl (C=O) groups excluding carboxylic acids is 2. The number of nitrogens with zero attached hydrogens (tertiary/aromatic N) is 5. The first kappa shape index (κ1) is 22.0. The zero-order chi connectivity index (χ0) is 23.0. The Bertz CT molecular complexity index is 1150. The lowest BCUT2D eigenvalue weighted by Gasteiger charge is -2.34. The van der Waals surface area contributed by atoms with Crippen molar-refractivity contribution in [2.75, 3.05) is 40.3 Å². The fourth-order valence-electron chi connectivity index (χ4n) is 4.37. The molecule has 7 nitrogen and oxygen atoms in total. The molecule has 0 N–H and O–H groups in total. The Labute approximate surface area is 189 Å². The topological polar surface area (TPSA) is 61.7 Å². The number of amides is 2. The first-order valence-corrected chi connectivity index (χ1v) is 11.0. The average molecular weight is 434 g/mol. The highest BCUT2D eigenvalue weighted by Crippen LogP contribution is 2.20. The van der Waals surface area contributed by atoms with Gasteiger partial charge in [-0.3, -0.25) is 14.5 Å². The minimum absolute atomic E-state index is 0.0244. The predicted octanol–water partition coefficient (Wildman–Crippen LogP) is 2.85. The van der Waals surface area contributed by atoms with Crippen LogP contribution in [-0.2, 0) is 13.6 Å². The first-order valence-electron chi connectivity index (χ1n) is 11.0. The van der Waals surface area contributed by atoms with Gasteiger partial charge in [-0.05, 0) is 44.2 Å². The summed E-state index contributed by atoms with van der Waals surface area (Å²) in [5.41, 5.74) is 5.49. The van der Waals surface area contributed by atoms with E-state index in [-0.39, 0.29) is 11.8 Å². The van der Waals surface area contributed by atoms with Crippen molar-refractivity contribution in [2.24, 2.45) is 7.05 Å². The van der Waals surface area contributed by atoms with E-state index in [1.807, 2.05) is 56.1 Å². The Balaban J connectivity index is 1.43. The highest BCUT2D eigenvalue weighted by atomic mass is 16.2. The highest BCUT2D eigenvalue weighted by Gasteiger charge is 2.24. The van der Waals surface area contributed by atoms with Gasteiger partial charge in [-0.25, -0.2) is 4.98 Å². The van der Waals surface area contributed by atoms with Crippen LogP contribution < -0.4 is 0 Å². The lowest BCUT2D eigenvalue weighted by Crippen LogP contribution is -2.48. The second kappa shape index (κ2) is 8.74. The number of benzene rings is 2. The number of hydrogen-bond donors (Lipinski definition) is 0. The quantitative estimate of drug-likeness (QED) is 0.635. The summed E-state index contributed by atoms with van der Waals surface area (Å²) in [6, 6.07) is 11.7. The molecule has 0 radical (unpaired) electrons. The normalized spacial score (nSPS) is 14.7. The molecular weight excluding hydrogens is 402 g/mol. The second-order valence-electron chi connectivity index (χ2n) is 8.93. The third kappa shape index (κ3) is 4.39. The van der Waals surface area contributed by atoms with Crippen molar-refractivity contribution < 1.29 is 9.59 Å². The van der Waals surface area contributed by atoms with Crippen molar-refractivity contribution in [1.82, 2.24) is 24.3 Å². The largest absolute Gasteiger partial charge is 0.345 e. The summed E-state index contributed by atoms with van der Waals surface area (Å²) in [5, 5.41) is 0. The minimum atomic E-state index is -0.0244. The summed E-state index contributed by atoms with van der Waals surface area (Å²) < 4.78 is 2.09. The molecule has 2 heterocycles. The molecular formula is C25H31N5O2. The van der Waals surface area contributed by atoms with Crippen molar-refractivity contribution in [1.29, 1.82) is 0 Å². The Morgan fingerprint density at radius 1 is 0.938 bits per heavy atom. The van der Waals surface area contributed by atoms with Crippen molar-refractivity contribution >= 4 is 22.8 Å². The molecule has 7 heteroatoms. The van der Waals surface area contributed by atoms with Crippen LogP contribution in [0.3, 0.4) is 0 Å². The molecule has 1 fully saturated rings. The number of aryl methyl sites for hydroxylation is 3. The van der Waals surface area contributed by atoms with Crippen LogP contribution in [0.1, 0.15) is 37.7 Å². The third-order valence-corrected chi connectivity index (χ3v) is 6.12. The van der Waals surface area contributed by atoms with Crippen LogP contribution in [0, 0.1) is 13.8 Å². The van der Waals surface area contributed by atoms with E-state index < -0.39 is 0 Å². The van der Waals surface area contributed by atoms with Crippen molar-refractivity contribution in [2.45, 2.75) is 20.4 Å². The van der Waals surface area contributed by atoms with Crippen LogP contribution in [0.15, 0.2) is 36.4 Å². The van der Waals surface area contributed by atoms with E-state index >= 15 is 0 Å². The van der Waals surface area contributed by atoms with Gasteiger partial charge in [-0.1, -0.05) is 17.2 Å². The molecule has 0 aliphatic carbocycles. The van der Waals surface area contributed by atoms with E-state index in [1.54, 1.807) is 19.0 Å².